The maximum atomic E-state index is 12.0. The molecule has 106 valence electrons. The predicted octanol–water partition coefficient (Wildman–Crippen LogP) is 3.11. The second kappa shape index (κ2) is 10.5. The summed E-state index contributed by atoms with van der Waals surface area (Å²) >= 11 is 0. The van der Waals surface area contributed by atoms with E-state index in [1.54, 1.807) is 0 Å². The van der Waals surface area contributed by atoms with Gasteiger partial charge in [-0.25, -0.2) is 4.79 Å². The van der Waals surface area contributed by atoms with Gasteiger partial charge in [0.15, 0.2) is 0 Å². The first kappa shape index (κ1) is 15.7. The van der Waals surface area contributed by atoms with Crippen molar-refractivity contribution in [3.05, 3.63) is 0 Å². The van der Waals surface area contributed by atoms with Crippen molar-refractivity contribution in [1.82, 2.24) is 0 Å². The van der Waals surface area contributed by atoms with E-state index < -0.39 is 0 Å². The van der Waals surface area contributed by atoms with Crippen molar-refractivity contribution in [3.8, 4) is 0 Å². The molecule has 0 aromatic heterocycles. The Kier molecular flexibility index (Phi) is 9.19. The van der Waals surface area contributed by atoms with Crippen LogP contribution in [0.15, 0.2) is 0 Å². The lowest BCUT2D eigenvalue weighted by Crippen LogP contribution is -3.14. The van der Waals surface area contributed by atoms with Gasteiger partial charge in [-0.05, 0) is 32.1 Å². The average molecular weight is 254 g/mol. The fourth-order valence-electron chi connectivity index (χ4n) is 2.85. The van der Waals surface area contributed by atoms with Gasteiger partial charge >= 0.3 is 5.91 Å². The fourth-order valence-corrected chi connectivity index (χ4v) is 2.85. The number of nitrogens with one attached hydrogen (secondary N) is 1. The van der Waals surface area contributed by atoms with Crippen LogP contribution in [0.5, 0.6) is 0 Å². The number of likely N-dealkylation sites (tertiary alicyclic amines) is 1. The zero-order chi connectivity index (χ0) is 13.1. The molecule has 0 atom stereocenters. The molecule has 1 saturated heterocycles. The lowest BCUT2D eigenvalue weighted by Gasteiger charge is -2.14. The van der Waals surface area contributed by atoms with E-state index in [4.69, 9.17) is 0 Å². The molecule has 0 saturated carbocycles. The van der Waals surface area contributed by atoms with Crippen LogP contribution in [0.3, 0.4) is 0 Å². The third-order valence-corrected chi connectivity index (χ3v) is 4.11. The van der Waals surface area contributed by atoms with E-state index in [2.05, 4.69) is 6.92 Å². The second-order valence-corrected chi connectivity index (χ2v) is 5.81. The van der Waals surface area contributed by atoms with E-state index in [9.17, 15) is 4.79 Å². The van der Waals surface area contributed by atoms with E-state index in [1.165, 1.54) is 69.1 Å². The van der Waals surface area contributed by atoms with Gasteiger partial charge in [-0.15, -0.1) is 0 Å². The van der Waals surface area contributed by atoms with Crippen LogP contribution in [0.25, 0.3) is 0 Å². The normalized spacial score (nSPS) is 17.6. The molecule has 0 aromatic rings. The third kappa shape index (κ3) is 7.15. The maximum Gasteiger partial charge on any atom is 0.312 e. The Hall–Kier alpha value is -0.370. The van der Waals surface area contributed by atoms with Crippen LogP contribution in [0.2, 0.25) is 0 Å². The fraction of sp³-hybridized carbons (Fsp3) is 0.938. The number of hydrogen-bond donors (Lipinski definition) is 1. The zero-order valence-corrected chi connectivity index (χ0v) is 12.3. The highest BCUT2D eigenvalue weighted by molar-refractivity contribution is 5.66. The Balaban J connectivity index is 1.98. The molecule has 18 heavy (non-hydrogen) atoms. The van der Waals surface area contributed by atoms with E-state index in [1.807, 2.05) is 0 Å². The summed E-state index contributed by atoms with van der Waals surface area (Å²) in [6, 6.07) is 0. The van der Waals surface area contributed by atoms with Crippen LogP contribution in [-0.2, 0) is 4.79 Å². The van der Waals surface area contributed by atoms with Crippen LogP contribution in [-0.4, -0.2) is 19.0 Å². The predicted molar refractivity (Wildman–Crippen MR) is 76.8 cm³/mol. The minimum atomic E-state index is 0.491. The van der Waals surface area contributed by atoms with Gasteiger partial charge < -0.3 is 0 Å². The van der Waals surface area contributed by atoms with Crippen molar-refractivity contribution in [2.75, 3.05) is 13.1 Å². The van der Waals surface area contributed by atoms with E-state index in [0.717, 1.165) is 25.9 Å². The van der Waals surface area contributed by atoms with Crippen molar-refractivity contribution in [3.63, 3.8) is 0 Å². The van der Waals surface area contributed by atoms with E-state index in [0.29, 0.717) is 5.91 Å². The van der Waals surface area contributed by atoms with E-state index >= 15 is 0 Å². The van der Waals surface area contributed by atoms with Gasteiger partial charge in [0, 0.05) is 0 Å². The monoisotopic (exact) mass is 254 g/mol. The first-order valence-electron chi connectivity index (χ1n) is 8.22. The van der Waals surface area contributed by atoms with E-state index in [-0.39, 0.29) is 0 Å². The number of carbonyl (C=O) groups is 1. The largest absolute Gasteiger partial charge is 0.312 e. The molecular weight excluding hydrogens is 222 g/mol. The highest BCUT2D eigenvalue weighted by Crippen LogP contribution is 2.08. The first-order valence-corrected chi connectivity index (χ1v) is 8.22. The number of carbonyl (C=O) groups excluding carboxylic acids is 1. The molecule has 1 fully saturated rings. The summed E-state index contributed by atoms with van der Waals surface area (Å²) in [6.45, 7) is 4.44. The topological polar surface area (TPSA) is 21.5 Å². The molecule has 0 aromatic carbocycles. The molecule has 1 rings (SSSR count). The Bertz CT molecular complexity index is 207. The zero-order valence-electron chi connectivity index (χ0n) is 12.3. The van der Waals surface area contributed by atoms with Crippen LogP contribution >= 0.6 is 0 Å². The molecule has 2 heteroatoms. The number of quaternary nitrogens is 1. The van der Waals surface area contributed by atoms with Gasteiger partial charge in [0.2, 0.25) is 0 Å². The van der Waals surface area contributed by atoms with Gasteiger partial charge in [-0.1, -0.05) is 45.4 Å². The summed E-state index contributed by atoms with van der Waals surface area (Å²) in [4.78, 5) is 13.3. The van der Waals surface area contributed by atoms with Crippen LogP contribution in [0, 0.1) is 0 Å². The molecule has 1 N–H and O–H groups in total. The summed E-state index contributed by atoms with van der Waals surface area (Å²) in [5.74, 6) is 0.491. The Morgan fingerprint density at radius 3 is 2.00 bits per heavy atom. The molecule has 1 heterocycles. The van der Waals surface area contributed by atoms with Crippen molar-refractivity contribution >= 4 is 5.91 Å². The van der Waals surface area contributed by atoms with Gasteiger partial charge in [0.25, 0.3) is 0 Å². The summed E-state index contributed by atoms with van der Waals surface area (Å²) in [6.07, 6.45) is 15.1. The molecule has 0 unspecified atom stereocenters. The molecule has 0 aliphatic carbocycles. The molecule has 0 spiro atoms. The van der Waals surface area contributed by atoms with Crippen molar-refractivity contribution < 1.29 is 9.69 Å². The van der Waals surface area contributed by atoms with Gasteiger partial charge in [-0.2, -0.15) is 0 Å². The Morgan fingerprint density at radius 1 is 0.833 bits per heavy atom. The molecule has 1 aliphatic heterocycles. The molecule has 1 amide bonds. The Morgan fingerprint density at radius 2 is 1.39 bits per heavy atom. The summed E-state index contributed by atoms with van der Waals surface area (Å²) in [5, 5.41) is 0. The van der Waals surface area contributed by atoms with Crippen molar-refractivity contribution in [1.29, 1.82) is 0 Å². The summed E-state index contributed by atoms with van der Waals surface area (Å²) < 4.78 is 0. The van der Waals surface area contributed by atoms with Gasteiger partial charge in [-0.3, -0.25) is 4.90 Å². The number of unbranched alkanes of at least 4 members (excludes halogenated alkanes) is 6. The second-order valence-electron chi connectivity index (χ2n) is 5.81. The minimum absolute atomic E-state index is 0.491. The molecule has 2 nitrogen and oxygen atoms in total. The maximum absolute atomic E-state index is 12.0. The first-order chi connectivity index (χ1) is 8.84. The number of amides is 1. The quantitative estimate of drug-likeness (QED) is 0.660. The third-order valence-electron chi connectivity index (χ3n) is 4.11. The summed E-state index contributed by atoms with van der Waals surface area (Å²) in [5.41, 5.74) is 0. The SMILES string of the molecule is CCCCCCCCCC(=O)[NH+]1CCCCCC1. The van der Waals surface area contributed by atoms with Gasteiger partial charge in [0.1, 0.15) is 0 Å². The summed E-state index contributed by atoms with van der Waals surface area (Å²) in [7, 11) is 0. The molecule has 0 radical (unpaired) electrons. The molecule has 0 bridgehead atoms. The van der Waals surface area contributed by atoms with Crippen LogP contribution in [0.1, 0.15) is 84.0 Å². The molecular formula is C16H32NO+. The lowest BCUT2D eigenvalue weighted by atomic mass is 10.1. The van der Waals surface area contributed by atoms with Crippen LogP contribution < -0.4 is 4.90 Å². The smallest absolute Gasteiger partial charge is 0.272 e. The standard InChI is InChI=1S/C16H31NO/c1-2-3-4-5-6-7-10-13-16(18)17-14-11-8-9-12-15-17/h2-15H2,1H3/p+1. The average Bonchev–Trinajstić information content (AvgIpc) is 2.66. The highest BCUT2D eigenvalue weighted by atomic mass is 16.2. The molecule has 1 aliphatic rings. The Labute approximate surface area is 113 Å². The minimum Gasteiger partial charge on any atom is -0.272 e. The van der Waals surface area contributed by atoms with Gasteiger partial charge in [0.05, 0.1) is 19.5 Å². The lowest BCUT2D eigenvalue weighted by molar-refractivity contribution is -0.820. The van der Waals surface area contributed by atoms with Crippen molar-refractivity contribution in [2.45, 2.75) is 84.0 Å². The van der Waals surface area contributed by atoms with Crippen LogP contribution in [0.4, 0.5) is 0 Å². The number of hydrogen-bond acceptors (Lipinski definition) is 1. The van der Waals surface area contributed by atoms with Crippen molar-refractivity contribution in [2.24, 2.45) is 0 Å². The highest BCUT2D eigenvalue weighted by Gasteiger charge is 2.19. The number of rotatable bonds is 8.